The molecular weight excluding hydrogens is 374 g/mol. The fourth-order valence-corrected chi connectivity index (χ4v) is 3.72. The predicted octanol–water partition coefficient (Wildman–Crippen LogP) is 3.41. The van der Waals surface area contributed by atoms with Gasteiger partial charge in [-0.25, -0.2) is 9.78 Å². The molecule has 0 radical (unpaired) electrons. The second-order valence-electron chi connectivity index (χ2n) is 7.09. The quantitative estimate of drug-likeness (QED) is 0.834. The summed E-state index contributed by atoms with van der Waals surface area (Å²) < 4.78 is 4.97. The Morgan fingerprint density at radius 2 is 2.08 bits per heavy atom. The lowest BCUT2D eigenvalue weighted by Gasteiger charge is -2.19. The number of ether oxygens (including phenoxy) is 1. The SMILES string of the molecule is CC(C)(C)c1csc([C@H](NC(=O)C2CNC(=O)O2)c2ccc(Cl)cc2)n1. The van der Waals surface area contributed by atoms with Crippen LogP contribution in [-0.2, 0) is 14.9 Å². The molecule has 2 amide bonds. The largest absolute Gasteiger partial charge is 0.434 e. The van der Waals surface area contributed by atoms with E-state index in [0.29, 0.717) is 5.02 Å². The number of carbonyl (C=O) groups excluding carboxylic acids is 2. The Labute approximate surface area is 160 Å². The lowest BCUT2D eigenvalue weighted by molar-refractivity contribution is -0.128. The van der Waals surface area contributed by atoms with Gasteiger partial charge in [0.2, 0.25) is 0 Å². The molecule has 1 aromatic heterocycles. The normalized spacial score (nSPS) is 18.2. The number of hydrogen-bond acceptors (Lipinski definition) is 5. The van der Waals surface area contributed by atoms with Crippen molar-refractivity contribution in [2.24, 2.45) is 0 Å². The Bertz CT molecular complexity index is 814. The molecule has 0 aliphatic carbocycles. The number of cyclic esters (lactones) is 1. The molecule has 2 atom stereocenters. The van der Waals surface area contributed by atoms with Crippen molar-refractivity contribution in [3.8, 4) is 0 Å². The first-order chi connectivity index (χ1) is 12.2. The topological polar surface area (TPSA) is 80.3 Å². The van der Waals surface area contributed by atoms with Gasteiger partial charge < -0.3 is 15.4 Å². The maximum absolute atomic E-state index is 12.5. The van der Waals surface area contributed by atoms with Crippen molar-refractivity contribution >= 4 is 34.9 Å². The summed E-state index contributed by atoms with van der Waals surface area (Å²) in [6, 6.07) is 6.80. The molecule has 1 aromatic carbocycles. The third-order valence-corrected chi connectivity index (χ3v) is 5.16. The highest BCUT2D eigenvalue weighted by Crippen LogP contribution is 2.30. The van der Waals surface area contributed by atoms with E-state index in [1.165, 1.54) is 11.3 Å². The molecule has 1 aliphatic heterocycles. The molecule has 26 heavy (non-hydrogen) atoms. The summed E-state index contributed by atoms with van der Waals surface area (Å²) >= 11 is 7.47. The summed E-state index contributed by atoms with van der Waals surface area (Å²) in [6.45, 7) is 6.42. The first-order valence-electron chi connectivity index (χ1n) is 8.20. The third-order valence-electron chi connectivity index (χ3n) is 4.00. The Morgan fingerprint density at radius 1 is 1.38 bits per heavy atom. The average molecular weight is 394 g/mol. The number of carbonyl (C=O) groups is 2. The lowest BCUT2D eigenvalue weighted by Crippen LogP contribution is -2.39. The molecule has 1 aliphatic rings. The zero-order valence-corrected chi connectivity index (χ0v) is 16.3. The van der Waals surface area contributed by atoms with Gasteiger partial charge in [0.25, 0.3) is 5.91 Å². The van der Waals surface area contributed by atoms with Crippen LogP contribution in [0.2, 0.25) is 5.02 Å². The number of amides is 2. The van der Waals surface area contributed by atoms with E-state index in [2.05, 4.69) is 31.4 Å². The van der Waals surface area contributed by atoms with Gasteiger partial charge in [-0.15, -0.1) is 11.3 Å². The average Bonchev–Trinajstić information content (AvgIpc) is 3.22. The molecular formula is C18H20ClN3O3S. The van der Waals surface area contributed by atoms with Crippen LogP contribution in [0.1, 0.15) is 43.1 Å². The van der Waals surface area contributed by atoms with Crippen molar-refractivity contribution in [2.45, 2.75) is 38.3 Å². The highest BCUT2D eigenvalue weighted by atomic mass is 35.5. The summed E-state index contributed by atoms with van der Waals surface area (Å²) in [5, 5.41) is 8.81. The van der Waals surface area contributed by atoms with Crippen molar-refractivity contribution < 1.29 is 14.3 Å². The van der Waals surface area contributed by atoms with Crippen molar-refractivity contribution in [2.75, 3.05) is 6.54 Å². The highest BCUT2D eigenvalue weighted by molar-refractivity contribution is 7.09. The van der Waals surface area contributed by atoms with E-state index in [-0.39, 0.29) is 17.9 Å². The molecule has 0 saturated carbocycles. The Morgan fingerprint density at radius 3 is 2.62 bits per heavy atom. The number of hydrogen-bond donors (Lipinski definition) is 2. The molecule has 8 heteroatoms. The van der Waals surface area contributed by atoms with Crippen molar-refractivity contribution in [3.05, 3.63) is 50.9 Å². The second-order valence-corrected chi connectivity index (χ2v) is 8.42. The molecule has 138 valence electrons. The van der Waals surface area contributed by atoms with Gasteiger partial charge in [-0.05, 0) is 17.7 Å². The van der Waals surface area contributed by atoms with E-state index in [4.69, 9.17) is 21.3 Å². The maximum atomic E-state index is 12.5. The maximum Gasteiger partial charge on any atom is 0.408 e. The summed E-state index contributed by atoms with van der Waals surface area (Å²) in [6.07, 6.45) is -1.43. The molecule has 1 fully saturated rings. The second kappa shape index (κ2) is 7.25. The van der Waals surface area contributed by atoms with Crippen LogP contribution in [0.15, 0.2) is 29.6 Å². The van der Waals surface area contributed by atoms with Gasteiger partial charge in [0.1, 0.15) is 11.0 Å². The molecule has 2 heterocycles. The van der Waals surface area contributed by atoms with Crippen LogP contribution < -0.4 is 10.6 Å². The summed E-state index contributed by atoms with van der Waals surface area (Å²) in [7, 11) is 0. The van der Waals surface area contributed by atoms with Crippen molar-refractivity contribution in [3.63, 3.8) is 0 Å². The number of nitrogens with zero attached hydrogens (tertiary/aromatic N) is 1. The Hall–Kier alpha value is -2.12. The van der Waals surface area contributed by atoms with Gasteiger partial charge in [0, 0.05) is 15.8 Å². The van der Waals surface area contributed by atoms with E-state index in [0.717, 1.165) is 16.3 Å². The zero-order chi connectivity index (χ0) is 18.9. The number of alkyl carbamates (subject to hydrolysis) is 1. The molecule has 6 nitrogen and oxygen atoms in total. The van der Waals surface area contributed by atoms with E-state index in [1.54, 1.807) is 12.1 Å². The minimum atomic E-state index is -0.848. The Kier molecular flexibility index (Phi) is 5.20. The molecule has 3 rings (SSSR count). The smallest absolute Gasteiger partial charge is 0.408 e. The molecule has 0 spiro atoms. The van der Waals surface area contributed by atoms with Crippen LogP contribution in [0.3, 0.4) is 0 Å². The van der Waals surface area contributed by atoms with E-state index < -0.39 is 18.2 Å². The van der Waals surface area contributed by atoms with Crippen LogP contribution in [0.4, 0.5) is 4.79 Å². The number of benzene rings is 1. The fraction of sp³-hybridized carbons (Fsp3) is 0.389. The van der Waals surface area contributed by atoms with Gasteiger partial charge in [0.15, 0.2) is 6.10 Å². The number of nitrogens with one attached hydrogen (secondary N) is 2. The third kappa shape index (κ3) is 4.16. The number of halogens is 1. The molecule has 1 saturated heterocycles. The standard InChI is InChI=1S/C18H20ClN3O3S/c1-18(2,3)13-9-26-16(21-13)14(10-4-6-11(19)7-5-10)22-15(23)12-8-20-17(24)25-12/h4-7,9,12,14H,8H2,1-3H3,(H,20,24)(H,22,23)/t12?,14-/m1/s1. The predicted molar refractivity (Wildman–Crippen MR) is 101 cm³/mol. The summed E-state index contributed by atoms with van der Waals surface area (Å²) in [5.41, 5.74) is 1.73. The Balaban J connectivity index is 1.89. The molecule has 2 aromatic rings. The zero-order valence-electron chi connectivity index (χ0n) is 14.7. The summed E-state index contributed by atoms with van der Waals surface area (Å²) in [5.74, 6) is -0.365. The monoisotopic (exact) mass is 393 g/mol. The minimum absolute atomic E-state index is 0.0891. The van der Waals surface area contributed by atoms with Crippen LogP contribution in [0, 0.1) is 0 Å². The first kappa shape index (κ1) is 18.7. The van der Waals surface area contributed by atoms with Crippen molar-refractivity contribution in [1.82, 2.24) is 15.6 Å². The highest BCUT2D eigenvalue weighted by Gasteiger charge is 2.32. The van der Waals surface area contributed by atoms with Gasteiger partial charge in [-0.1, -0.05) is 44.5 Å². The molecule has 1 unspecified atom stereocenters. The lowest BCUT2D eigenvalue weighted by atomic mass is 9.93. The van der Waals surface area contributed by atoms with E-state index in [1.807, 2.05) is 17.5 Å². The molecule has 0 bridgehead atoms. The van der Waals surface area contributed by atoms with E-state index >= 15 is 0 Å². The van der Waals surface area contributed by atoms with Crippen LogP contribution in [0.25, 0.3) is 0 Å². The molecule has 2 N–H and O–H groups in total. The summed E-state index contributed by atoms with van der Waals surface area (Å²) in [4.78, 5) is 28.5. The number of rotatable bonds is 4. The van der Waals surface area contributed by atoms with Gasteiger partial charge in [-0.3, -0.25) is 4.79 Å². The van der Waals surface area contributed by atoms with Gasteiger partial charge >= 0.3 is 6.09 Å². The van der Waals surface area contributed by atoms with E-state index in [9.17, 15) is 9.59 Å². The number of aromatic nitrogens is 1. The first-order valence-corrected chi connectivity index (χ1v) is 9.46. The minimum Gasteiger partial charge on any atom is -0.434 e. The van der Waals surface area contributed by atoms with Crippen LogP contribution >= 0.6 is 22.9 Å². The number of thiazole rings is 1. The van der Waals surface area contributed by atoms with Gasteiger partial charge in [0.05, 0.1) is 12.2 Å². The van der Waals surface area contributed by atoms with Crippen LogP contribution in [-0.4, -0.2) is 29.6 Å². The van der Waals surface area contributed by atoms with Crippen molar-refractivity contribution in [1.29, 1.82) is 0 Å². The fourth-order valence-electron chi connectivity index (χ4n) is 2.48. The van der Waals surface area contributed by atoms with Crippen LogP contribution in [0.5, 0.6) is 0 Å². The van der Waals surface area contributed by atoms with Gasteiger partial charge in [-0.2, -0.15) is 0 Å².